The Kier molecular flexibility index (Phi) is 5.42. The maximum absolute atomic E-state index is 13.4. The van der Waals surface area contributed by atoms with E-state index in [1.165, 1.54) is 35.2 Å². The third-order valence-corrected chi connectivity index (χ3v) is 5.81. The van der Waals surface area contributed by atoms with Crippen molar-refractivity contribution in [3.63, 3.8) is 0 Å². The van der Waals surface area contributed by atoms with Gasteiger partial charge >= 0.3 is 0 Å². The number of carbonyl (C=O) groups is 1. The van der Waals surface area contributed by atoms with E-state index in [-0.39, 0.29) is 20.9 Å². The lowest BCUT2D eigenvalue weighted by atomic mass is 10.1. The van der Waals surface area contributed by atoms with Crippen molar-refractivity contribution in [2.45, 2.75) is 0 Å². The van der Waals surface area contributed by atoms with Gasteiger partial charge in [0.1, 0.15) is 17.3 Å². The van der Waals surface area contributed by atoms with Crippen molar-refractivity contribution in [1.29, 1.82) is 0 Å². The Labute approximate surface area is 184 Å². The van der Waals surface area contributed by atoms with Crippen molar-refractivity contribution in [3.05, 3.63) is 86.2 Å². The Bertz CT molecular complexity index is 1220. The van der Waals surface area contributed by atoms with Gasteiger partial charge in [0, 0.05) is 23.8 Å². The molecule has 150 valence electrons. The van der Waals surface area contributed by atoms with Crippen LogP contribution in [0.2, 0.25) is 5.02 Å². The van der Waals surface area contributed by atoms with Crippen LogP contribution in [0.4, 0.5) is 15.8 Å². The summed E-state index contributed by atoms with van der Waals surface area (Å²) in [6.45, 7) is 0. The largest absolute Gasteiger partial charge is 0.457 e. The second kappa shape index (κ2) is 8.02. The molecule has 0 bridgehead atoms. The molecule has 1 aromatic heterocycles. The van der Waals surface area contributed by atoms with Gasteiger partial charge in [-0.2, -0.15) is 0 Å². The second-order valence-corrected chi connectivity index (χ2v) is 8.20. The Balaban J connectivity index is 1.58. The standard InChI is InChI=1S/C20H10ClFN2O4S2/c21-15-9-13(5-7-16(15)22)23-19(25)18(30-20(23)29)10-14-6-8-17(28-14)11-1-3-12(4-2-11)24(26)27/h1-10H/b18-10+. The minimum atomic E-state index is -0.587. The molecule has 1 saturated heterocycles. The summed E-state index contributed by atoms with van der Waals surface area (Å²) in [5.41, 5.74) is 1.02. The van der Waals surface area contributed by atoms with Gasteiger partial charge in [-0.05, 0) is 42.5 Å². The zero-order chi connectivity index (χ0) is 21.4. The van der Waals surface area contributed by atoms with E-state index in [4.69, 9.17) is 28.2 Å². The predicted molar refractivity (Wildman–Crippen MR) is 118 cm³/mol. The maximum Gasteiger partial charge on any atom is 0.270 e. The number of furan rings is 1. The van der Waals surface area contributed by atoms with Gasteiger partial charge < -0.3 is 4.42 Å². The van der Waals surface area contributed by atoms with Crippen LogP contribution >= 0.6 is 35.6 Å². The molecule has 0 unspecified atom stereocenters. The zero-order valence-electron chi connectivity index (χ0n) is 14.9. The van der Waals surface area contributed by atoms with Crippen molar-refractivity contribution in [2.75, 3.05) is 4.90 Å². The summed E-state index contributed by atoms with van der Waals surface area (Å²) in [6, 6.07) is 13.2. The van der Waals surface area contributed by atoms with Crippen LogP contribution < -0.4 is 4.90 Å². The number of nitro benzene ring substituents is 1. The number of hydrogen-bond acceptors (Lipinski definition) is 6. The molecule has 1 amide bonds. The van der Waals surface area contributed by atoms with Crippen LogP contribution in [-0.2, 0) is 4.79 Å². The van der Waals surface area contributed by atoms with E-state index >= 15 is 0 Å². The molecular weight excluding hydrogens is 451 g/mol. The summed E-state index contributed by atoms with van der Waals surface area (Å²) in [5, 5.41) is 10.7. The number of hydrogen-bond donors (Lipinski definition) is 0. The Hall–Kier alpha value is -3.01. The highest BCUT2D eigenvalue weighted by Gasteiger charge is 2.34. The molecule has 1 fully saturated rings. The van der Waals surface area contributed by atoms with Crippen LogP contribution in [0.15, 0.2) is 63.9 Å². The number of non-ortho nitro benzene ring substituents is 1. The summed E-state index contributed by atoms with van der Waals surface area (Å²) >= 11 is 12.2. The molecule has 6 nitrogen and oxygen atoms in total. The lowest BCUT2D eigenvalue weighted by molar-refractivity contribution is -0.384. The van der Waals surface area contributed by atoms with Gasteiger partial charge in [0.25, 0.3) is 11.6 Å². The van der Waals surface area contributed by atoms with Crippen molar-refractivity contribution in [2.24, 2.45) is 0 Å². The van der Waals surface area contributed by atoms with Gasteiger partial charge in [0.05, 0.1) is 20.5 Å². The van der Waals surface area contributed by atoms with E-state index < -0.39 is 10.7 Å². The van der Waals surface area contributed by atoms with Gasteiger partial charge in [-0.15, -0.1) is 0 Å². The first-order chi connectivity index (χ1) is 14.3. The molecule has 1 aliphatic rings. The highest BCUT2D eigenvalue weighted by atomic mass is 35.5. The van der Waals surface area contributed by atoms with E-state index in [9.17, 15) is 19.3 Å². The normalized spacial score (nSPS) is 15.3. The minimum absolute atomic E-state index is 0.0184. The Morgan fingerprint density at radius 3 is 2.57 bits per heavy atom. The molecule has 2 heterocycles. The molecule has 0 radical (unpaired) electrons. The SMILES string of the molecule is O=C1/C(=C\c2ccc(-c3ccc([N+](=O)[O-])cc3)o2)SC(=S)N1c1ccc(F)c(Cl)c1. The van der Waals surface area contributed by atoms with E-state index in [2.05, 4.69) is 0 Å². The average molecular weight is 461 g/mol. The van der Waals surface area contributed by atoms with E-state index in [0.29, 0.717) is 27.7 Å². The fourth-order valence-corrected chi connectivity index (χ4v) is 4.23. The number of amides is 1. The average Bonchev–Trinajstić information content (AvgIpc) is 3.29. The molecule has 2 aromatic carbocycles. The third-order valence-electron chi connectivity index (χ3n) is 4.22. The zero-order valence-corrected chi connectivity index (χ0v) is 17.3. The first-order valence-corrected chi connectivity index (χ1v) is 10.0. The maximum atomic E-state index is 13.4. The molecule has 3 aromatic rings. The number of nitro groups is 1. The van der Waals surface area contributed by atoms with Crippen LogP contribution in [0, 0.1) is 15.9 Å². The Morgan fingerprint density at radius 2 is 1.90 bits per heavy atom. The fraction of sp³-hybridized carbons (Fsp3) is 0. The van der Waals surface area contributed by atoms with Crippen LogP contribution in [0.5, 0.6) is 0 Å². The van der Waals surface area contributed by atoms with E-state index in [1.807, 2.05) is 0 Å². The number of anilines is 1. The van der Waals surface area contributed by atoms with Crippen LogP contribution in [0.25, 0.3) is 17.4 Å². The molecule has 30 heavy (non-hydrogen) atoms. The van der Waals surface area contributed by atoms with Gasteiger partial charge in [0.2, 0.25) is 0 Å². The molecular formula is C20H10ClFN2O4S2. The van der Waals surface area contributed by atoms with Gasteiger partial charge in [-0.1, -0.05) is 35.6 Å². The van der Waals surface area contributed by atoms with E-state index in [1.54, 1.807) is 30.3 Å². The predicted octanol–water partition coefficient (Wildman–Crippen LogP) is 6.05. The molecule has 0 N–H and O–H groups in total. The van der Waals surface area contributed by atoms with Crippen molar-refractivity contribution < 1.29 is 18.5 Å². The highest BCUT2D eigenvalue weighted by Crippen LogP contribution is 2.37. The topological polar surface area (TPSA) is 76.6 Å². The third kappa shape index (κ3) is 3.87. The first-order valence-electron chi connectivity index (χ1n) is 8.41. The summed E-state index contributed by atoms with van der Waals surface area (Å²) in [5.74, 6) is -0.0466. The van der Waals surface area contributed by atoms with E-state index in [0.717, 1.165) is 11.8 Å². The minimum Gasteiger partial charge on any atom is -0.457 e. The van der Waals surface area contributed by atoms with Gasteiger partial charge in [0.15, 0.2) is 4.32 Å². The lowest BCUT2D eigenvalue weighted by Gasteiger charge is -2.14. The highest BCUT2D eigenvalue weighted by molar-refractivity contribution is 8.27. The van der Waals surface area contributed by atoms with Gasteiger partial charge in [-0.3, -0.25) is 19.8 Å². The number of halogens is 2. The summed E-state index contributed by atoms with van der Waals surface area (Å²) in [7, 11) is 0. The van der Waals surface area contributed by atoms with Crippen LogP contribution in [0.3, 0.4) is 0 Å². The number of rotatable bonds is 4. The monoisotopic (exact) mass is 460 g/mol. The molecule has 10 heteroatoms. The molecule has 4 rings (SSSR count). The van der Waals surface area contributed by atoms with Crippen molar-refractivity contribution in [1.82, 2.24) is 0 Å². The lowest BCUT2D eigenvalue weighted by Crippen LogP contribution is -2.27. The molecule has 0 aliphatic carbocycles. The van der Waals surface area contributed by atoms with Crippen LogP contribution in [-0.4, -0.2) is 15.2 Å². The summed E-state index contributed by atoms with van der Waals surface area (Å²) in [6.07, 6.45) is 1.55. The summed E-state index contributed by atoms with van der Waals surface area (Å²) < 4.78 is 19.5. The summed E-state index contributed by atoms with van der Waals surface area (Å²) in [4.78, 5) is 24.7. The molecule has 1 aliphatic heterocycles. The molecule has 0 atom stereocenters. The molecule has 0 spiro atoms. The van der Waals surface area contributed by atoms with Crippen molar-refractivity contribution >= 4 is 63.3 Å². The number of carbonyl (C=O) groups excluding carboxylic acids is 1. The first kappa shape index (κ1) is 20.3. The number of thiocarbonyl (C=S) groups is 1. The Morgan fingerprint density at radius 1 is 1.17 bits per heavy atom. The fourth-order valence-electron chi connectivity index (χ4n) is 2.78. The number of nitrogens with zero attached hydrogens (tertiary/aromatic N) is 2. The molecule has 0 saturated carbocycles. The van der Waals surface area contributed by atoms with Crippen LogP contribution in [0.1, 0.15) is 5.76 Å². The quantitative estimate of drug-likeness (QED) is 0.204. The smallest absolute Gasteiger partial charge is 0.270 e. The number of benzene rings is 2. The van der Waals surface area contributed by atoms with Gasteiger partial charge in [-0.25, -0.2) is 4.39 Å². The second-order valence-electron chi connectivity index (χ2n) is 6.12. The number of thioether (sulfide) groups is 1. The van der Waals surface area contributed by atoms with Crippen molar-refractivity contribution in [3.8, 4) is 11.3 Å².